The van der Waals surface area contributed by atoms with Gasteiger partial charge in [0.05, 0.1) is 6.20 Å². The number of nitrogens with zero attached hydrogens (tertiary/aromatic N) is 4. The number of anilines is 1. The first-order valence-electron chi connectivity index (χ1n) is 5.40. The molecule has 0 unspecified atom stereocenters. The van der Waals surface area contributed by atoms with Crippen LogP contribution in [-0.2, 0) is 7.05 Å². The monoisotopic (exact) mass is 241 g/mol. The average Bonchev–Trinajstić information content (AvgIpc) is 2.73. The van der Waals surface area contributed by atoms with Crippen LogP contribution in [0.2, 0.25) is 0 Å². The third kappa shape index (κ3) is 1.73. The van der Waals surface area contributed by atoms with Crippen molar-refractivity contribution in [2.75, 3.05) is 5.73 Å². The summed E-state index contributed by atoms with van der Waals surface area (Å²) in [6, 6.07) is 7.18. The van der Waals surface area contributed by atoms with Crippen molar-refractivity contribution in [1.82, 2.24) is 19.7 Å². The molecule has 18 heavy (non-hydrogen) atoms. The normalized spacial score (nSPS) is 10.7. The lowest BCUT2D eigenvalue weighted by Crippen LogP contribution is -1.94. The van der Waals surface area contributed by atoms with Crippen LogP contribution in [0.5, 0.6) is 11.6 Å². The van der Waals surface area contributed by atoms with Gasteiger partial charge in [0.2, 0.25) is 5.88 Å². The summed E-state index contributed by atoms with van der Waals surface area (Å²) in [6.07, 6.45) is 3.13. The van der Waals surface area contributed by atoms with Gasteiger partial charge in [0, 0.05) is 18.8 Å². The van der Waals surface area contributed by atoms with E-state index in [0.29, 0.717) is 17.3 Å². The summed E-state index contributed by atoms with van der Waals surface area (Å²) in [5.41, 5.74) is 7.07. The summed E-state index contributed by atoms with van der Waals surface area (Å²) in [7, 11) is 1.82. The van der Waals surface area contributed by atoms with Gasteiger partial charge in [-0.3, -0.25) is 4.68 Å². The molecule has 6 heteroatoms. The van der Waals surface area contributed by atoms with Gasteiger partial charge < -0.3 is 10.5 Å². The quantitative estimate of drug-likeness (QED) is 0.691. The van der Waals surface area contributed by atoms with Crippen LogP contribution in [0.15, 0.2) is 36.8 Å². The molecule has 0 fully saturated rings. The van der Waals surface area contributed by atoms with E-state index in [1.165, 1.54) is 6.33 Å². The Balaban J connectivity index is 2.05. The second-order valence-electron chi connectivity index (χ2n) is 3.86. The van der Waals surface area contributed by atoms with Crippen molar-refractivity contribution in [3.05, 3.63) is 36.8 Å². The van der Waals surface area contributed by atoms with E-state index in [1.54, 1.807) is 23.0 Å². The molecule has 0 atom stereocenters. The van der Waals surface area contributed by atoms with Crippen LogP contribution in [0.1, 0.15) is 0 Å². The molecule has 90 valence electrons. The molecule has 3 aromatic rings. The summed E-state index contributed by atoms with van der Waals surface area (Å²) >= 11 is 0. The highest BCUT2D eigenvalue weighted by atomic mass is 16.5. The predicted molar refractivity (Wildman–Crippen MR) is 67.2 cm³/mol. The molecule has 1 aromatic carbocycles. The lowest BCUT2D eigenvalue weighted by molar-refractivity contribution is 0.468. The molecule has 2 aromatic heterocycles. The molecule has 2 heterocycles. The molecule has 0 spiro atoms. The molecule has 0 saturated carbocycles. The lowest BCUT2D eigenvalue weighted by atomic mass is 10.3. The highest BCUT2D eigenvalue weighted by Crippen LogP contribution is 2.26. The van der Waals surface area contributed by atoms with E-state index in [0.717, 1.165) is 11.0 Å². The van der Waals surface area contributed by atoms with Gasteiger partial charge in [0.1, 0.15) is 17.5 Å². The van der Waals surface area contributed by atoms with Crippen LogP contribution in [0, 0.1) is 0 Å². The number of benzene rings is 1. The standard InChI is InChI=1S/C12H11N5O/c1-17-11-10(6-16-17)12(15-7-14-11)18-9-4-2-3-8(13)5-9/h2-7H,13H2,1H3. The third-order valence-corrected chi connectivity index (χ3v) is 2.57. The highest BCUT2D eigenvalue weighted by Gasteiger charge is 2.09. The summed E-state index contributed by atoms with van der Waals surface area (Å²) in [5, 5.41) is 4.89. The number of nitrogen functional groups attached to an aromatic ring is 1. The van der Waals surface area contributed by atoms with Crippen molar-refractivity contribution >= 4 is 16.7 Å². The fraction of sp³-hybridized carbons (Fsp3) is 0.0833. The van der Waals surface area contributed by atoms with E-state index in [-0.39, 0.29) is 0 Å². The summed E-state index contributed by atoms with van der Waals surface area (Å²) in [6.45, 7) is 0. The Bertz CT molecular complexity index is 707. The van der Waals surface area contributed by atoms with Crippen molar-refractivity contribution in [3.63, 3.8) is 0 Å². The van der Waals surface area contributed by atoms with Crippen molar-refractivity contribution < 1.29 is 4.74 Å². The number of ether oxygens (including phenoxy) is 1. The van der Waals surface area contributed by atoms with Gasteiger partial charge in [0.15, 0.2) is 5.65 Å². The van der Waals surface area contributed by atoms with Crippen LogP contribution in [0.25, 0.3) is 11.0 Å². The first-order valence-corrected chi connectivity index (χ1v) is 5.40. The Hall–Kier alpha value is -2.63. The number of rotatable bonds is 2. The van der Waals surface area contributed by atoms with Gasteiger partial charge in [-0.15, -0.1) is 0 Å². The fourth-order valence-corrected chi connectivity index (χ4v) is 1.71. The number of hydrogen-bond acceptors (Lipinski definition) is 5. The molecule has 0 saturated heterocycles. The SMILES string of the molecule is Cn1ncc2c(Oc3cccc(N)c3)ncnc21. The average molecular weight is 241 g/mol. The van der Waals surface area contributed by atoms with E-state index < -0.39 is 0 Å². The largest absolute Gasteiger partial charge is 0.438 e. The predicted octanol–water partition coefficient (Wildman–Crippen LogP) is 1.74. The molecule has 2 N–H and O–H groups in total. The van der Waals surface area contributed by atoms with Gasteiger partial charge in [-0.25, -0.2) is 9.97 Å². The van der Waals surface area contributed by atoms with Gasteiger partial charge in [-0.1, -0.05) is 6.07 Å². The maximum atomic E-state index is 5.70. The van der Waals surface area contributed by atoms with Crippen molar-refractivity contribution in [2.24, 2.45) is 7.05 Å². The molecule has 0 aliphatic rings. The van der Waals surface area contributed by atoms with Gasteiger partial charge in [-0.2, -0.15) is 5.10 Å². The molecular weight excluding hydrogens is 230 g/mol. The van der Waals surface area contributed by atoms with Crippen molar-refractivity contribution in [3.8, 4) is 11.6 Å². The molecule has 0 aliphatic heterocycles. The Morgan fingerprint density at radius 2 is 2.17 bits per heavy atom. The highest BCUT2D eigenvalue weighted by molar-refractivity contribution is 5.79. The molecule has 0 radical (unpaired) electrons. The zero-order chi connectivity index (χ0) is 12.5. The van der Waals surface area contributed by atoms with E-state index in [4.69, 9.17) is 10.5 Å². The van der Waals surface area contributed by atoms with E-state index in [9.17, 15) is 0 Å². The van der Waals surface area contributed by atoms with Gasteiger partial charge in [-0.05, 0) is 12.1 Å². The number of aromatic nitrogens is 4. The van der Waals surface area contributed by atoms with Gasteiger partial charge in [0.25, 0.3) is 0 Å². The minimum Gasteiger partial charge on any atom is -0.438 e. The number of hydrogen-bond donors (Lipinski definition) is 1. The zero-order valence-electron chi connectivity index (χ0n) is 9.74. The number of nitrogens with two attached hydrogens (primary N) is 1. The molecule has 0 bridgehead atoms. The second-order valence-corrected chi connectivity index (χ2v) is 3.86. The van der Waals surface area contributed by atoms with Crippen LogP contribution >= 0.6 is 0 Å². The number of fused-ring (bicyclic) bond motifs is 1. The first kappa shape index (κ1) is 10.5. The molecule has 0 amide bonds. The molecule has 6 nitrogen and oxygen atoms in total. The summed E-state index contributed by atoms with van der Waals surface area (Å²) < 4.78 is 7.37. The maximum absolute atomic E-state index is 5.70. The lowest BCUT2D eigenvalue weighted by Gasteiger charge is -2.05. The topological polar surface area (TPSA) is 78.9 Å². The van der Waals surface area contributed by atoms with Crippen LogP contribution in [0.4, 0.5) is 5.69 Å². The number of aryl methyl sites for hydroxylation is 1. The Morgan fingerprint density at radius 1 is 1.28 bits per heavy atom. The smallest absolute Gasteiger partial charge is 0.233 e. The molecule has 0 aliphatic carbocycles. The summed E-state index contributed by atoms with van der Waals surface area (Å²) in [4.78, 5) is 8.26. The molecule has 3 rings (SSSR count). The van der Waals surface area contributed by atoms with E-state index in [1.807, 2.05) is 19.2 Å². The first-order chi connectivity index (χ1) is 8.74. The van der Waals surface area contributed by atoms with E-state index >= 15 is 0 Å². The van der Waals surface area contributed by atoms with Gasteiger partial charge >= 0.3 is 0 Å². The van der Waals surface area contributed by atoms with Crippen LogP contribution in [-0.4, -0.2) is 19.7 Å². The summed E-state index contributed by atoms with van der Waals surface area (Å²) in [5.74, 6) is 1.11. The minimum absolute atomic E-state index is 0.471. The Morgan fingerprint density at radius 3 is 3.00 bits per heavy atom. The second kappa shape index (κ2) is 3.99. The third-order valence-electron chi connectivity index (χ3n) is 2.57. The maximum Gasteiger partial charge on any atom is 0.233 e. The van der Waals surface area contributed by atoms with Crippen molar-refractivity contribution in [2.45, 2.75) is 0 Å². The minimum atomic E-state index is 0.471. The Kier molecular flexibility index (Phi) is 2.33. The van der Waals surface area contributed by atoms with Crippen LogP contribution in [0.3, 0.4) is 0 Å². The van der Waals surface area contributed by atoms with Crippen molar-refractivity contribution in [1.29, 1.82) is 0 Å². The molecular formula is C12H11N5O. The fourth-order valence-electron chi connectivity index (χ4n) is 1.71. The van der Waals surface area contributed by atoms with Crippen LogP contribution < -0.4 is 10.5 Å². The Labute approximate surface area is 103 Å². The van der Waals surface area contributed by atoms with E-state index in [2.05, 4.69) is 15.1 Å². The zero-order valence-corrected chi connectivity index (χ0v) is 9.74.